The average Bonchev–Trinajstić information content (AvgIpc) is 2.53. The Morgan fingerprint density at radius 1 is 1.53 bits per heavy atom. The molecule has 85 valence electrons. The maximum Gasteiger partial charge on any atom is 0.575 e. The molecule has 1 unspecified atom stereocenters. The lowest BCUT2D eigenvalue weighted by Crippen LogP contribution is -2.30. The van der Waals surface area contributed by atoms with Crippen molar-refractivity contribution in [2.75, 3.05) is 18.6 Å². The fourth-order valence-electron chi connectivity index (χ4n) is 1.29. The van der Waals surface area contributed by atoms with Gasteiger partial charge in [0.15, 0.2) is 0 Å². The number of ether oxygens (including phenoxy) is 1. The van der Waals surface area contributed by atoms with Crippen LogP contribution in [0.3, 0.4) is 0 Å². The number of carbonyl (C=O) groups excluding carboxylic acids is 1. The van der Waals surface area contributed by atoms with E-state index in [4.69, 9.17) is 4.74 Å². The zero-order valence-corrected chi connectivity index (χ0v) is 11.7. The Balaban J connectivity index is 2.51. The van der Waals surface area contributed by atoms with Gasteiger partial charge in [-0.15, -0.1) is 0 Å². The van der Waals surface area contributed by atoms with Gasteiger partial charge in [0.25, 0.3) is 0 Å². The fraction of sp³-hybridized carbons (Fsp3) is 0.900. The van der Waals surface area contributed by atoms with Crippen LogP contribution in [0.2, 0.25) is 5.54 Å². The molecule has 1 rings (SSSR count). The quantitative estimate of drug-likeness (QED) is 0.664. The summed E-state index contributed by atoms with van der Waals surface area (Å²) in [4.78, 5) is 11.7. The average molecular weight is 245 g/mol. The molecule has 0 aromatic rings. The van der Waals surface area contributed by atoms with Crippen molar-refractivity contribution >= 4 is 27.2 Å². The van der Waals surface area contributed by atoms with E-state index in [1.54, 1.807) is 4.22 Å². The number of hydrogen-bond acceptors (Lipinski definition) is 3. The van der Waals surface area contributed by atoms with E-state index >= 15 is 0 Å². The van der Waals surface area contributed by atoms with Gasteiger partial charge in [0, 0.05) is 11.3 Å². The standard InChI is InChI=1S/C10H19NO2SSi/c1-10(2,3)13-9(12)11(4)15-8-5-6-14-7-8/h8H,5-7H2,1-4H3/q+1. The summed E-state index contributed by atoms with van der Waals surface area (Å²) in [6, 6.07) is 0. The smallest absolute Gasteiger partial charge is 0.408 e. The van der Waals surface area contributed by atoms with Crippen LogP contribution in [0.5, 0.6) is 0 Å². The minimum absolute atomic E-state index is 0.197. The first-order valence-corrected chi connectivity index (χ1v) is 7.37. The topological polar surface area (TPSA) is 29.3 Å². The van der Waals surface area contributed by atoms with E-state index in [9.17, 15) is 4.79 Å². The molecule has 3 nitrogen and oxygen atoms in total. The van der Waals surface area contributed by atoms with Crippen molar-refractivity contribution in [1.29, 1.82) is 0 Å². The summed E-state index contributed by atoms with van der Waals surface area (Å²) in [5, 5.41) is 0. The first-order valence-electron chi connectivity index (χ1n) is 5.19. The number of nitrogens with zero attached hydrogens (tertiary/aromatic N) is 1. The van der Waals surface area contributed by atoms with Crippen LogP contribution in [-0.4, -0.2) is 43.8 Å². The summed E-state index contributed by atoms with van der Waals surface area (Å²) < 4.78 is 7.02. The normalized spacial score (nSPS) is 22.9. The highest BCUT2D eigenvalue weighted by atomic mass is 32.2. The van der Waals surface area contributed by atoms with Crippen molar-refractivity contribution in [3.8, 4) is 0 Å². The Morgan fingerprint density at radius 3 is 2.67 bits per heavy atom. The molecular formula is C10H19NO2SSi+. The van der Waals surface area contributed by atoms with Gasteiger partial charge in [-0.1, -0.05) is 0 Å². The molecular weight excluding hydrogens is 226 g/mol. The molecule has 1 aliphatic rings. The zero-order chi connectivity index (χ0) is 11.5. The van der Waals surface area contributed by atoms with Crippen LogP contribution < -0.4 is 0 Å². The number of hydrogen-bond donors (Lipinski definition) is 0. The first kappa shape index (κ1) is 12.9. The Kier molecular flexibility index (Phi) is 4.52. The van der Waals surface area contributed by atoms with Crippen LogP contribution in [-0.2, 0) is 4.74 Å². The third kappa shape index (κ3) is 4.93. The van der Waals surface area contributed by atoms with Crippen LogP contribution in [0, 0.1) is 0 Å². The van der Waals surface area contributed by atoms with E-state index in [1.807, 2.05) is 39.6 Å². The molecule has 0 aliphatic carbocycles. The highest BCUT2D eigenvalue weighted by Gasteiger charge is 2.26. The van der Waals surface area contributed by atoms with E-state index in [0.29, 0.717) is 14.9 Å². The van der Waals surface area contributed by atoms with E-state index in [-0.39, 0.29) is 11.7 Å². The van der Waals surface area contributed by atoms with Crippen LogP contribution >= 0.6 is 11.8 Å². The second kappa shape index (κ2) is 5.25. The van der Waals surface area contributed by atoms with Gasteiger partial charge in [-0.2, -0.15) is 16.6 Å². The van der Waals surface area contributed by atoms with Gasteiger partial charge in [-0.05, 0) is 32.9 Å². The fourth-order valence-corrected chi connectivity index (χ4v) is 4.20. The minimum Gasteiger partial charge on any atom is -0.408 e. The maximum absolute atomic E-state index is 11.7. The van der Waals surface area contributed by atoms with E-state index in [1.165, 1.54) is 17.9 Å². The minimum atomic E-state index is -0.389. The van der Waals surface area contributed by atoms with E-state index in [2.05, 4.69) is 0 Å². The molecule has 1 amide bonds. The monoisotopic (exact) mass is 245 g/mol. The zero-order valence-electron chi connectivity index (χ0n) is 9.87. The molecule has 15 heavy (non-hydrogen) atoms. The highest BCUT2D eigenvalue weighted by molar-refractivity contribution is 7.99. The van der Waals surface area contributed by atoms with Crippen LogP contribution in [0.15, 0.2) is 0 Å². The summed E-state index contributed by atoms with van der Waals surface area (Å²) >= 11 is 1.98. The second-order valence-corrected chi connectivity index (χ2v) is 7.62. The summed E-state index contributed by atoms with van der Waals surface area (Å²) in [6.07, 6.45) is 1.04. The Bertz CT molecular complexity index is 267. The van der Waals surface area contributed by atoms with Crippen molar-refractivity contribution in [2.24, 2.45) is 0 Å². The van der Waals surface area contributed by atoms with Crippen molar-refractivity contribution in [1.82, 2.24) is 0 Å². The second-order valence-electron chi connectivity index (χ2n) is 4.73. The van der Waals surface area contributed by atoms with Crippen molar-refractivity contribution in [3.63, 3.8) is 0 Å². The molecule has 1 aliphatic heterocycles. The molecule has 1 fully saturated rings. The molecule has 1 heterocycles. The molecule has 1 saturated heterocycles. The Labute approximate surface area is 98.1 Å². The molecule has 1 radical (unpaired) electrons. The SMILES string of the molecule is C[N+](=[Si]C1CCSC1)C(=O)OC(C)(C)C. The van der Waals surface area contributed by atoms with Gasteiger partial charge in [-0.3, -0.25) is 0 Å². The number of carbonyl (C=O) groups is 1. The molecule has 0 spiro atoms. The Hall–Kier alpha value is -0.163. The summed E-state index contributed by atoms with van der Waals surface area (Å²) in [7, 11) is 2.39. The molecule has 0 saturated carbocycles. The lowest BCUT2D eigenvalue weighted by atomic mass is 10.2. The van der Waals surface area contributed by atoms with E-state index < -0.39 is 0 Å². The van der Waals surface area contributed by atoms with Gasteiger partial charge >= 0.3 is 15.4 Å². The van der Waals surface area contributed by atoms with Gasteiger partial charge in [-0.25, -0.2) is 4.22 Å². The molecule has 0 N–H and O–H groups in total. The molecule has 5 heteroatoms. The van der Waals surface area contributed by atoms with Gasteiger partial charge in [0.1, 0.15) is 12.6 Å². The molecule has 0 aromatic carbocycles. The lowest BCUT2D eigenvalue weighted by Gasteiger charge is -2.16. The first-order chi connectivity index (χ1) is 6.88. The van der Waals surface area contributed by atoms with Crippen LogP contribution in [0.1, 0.15) is 27.2 Å². The van der Waals surface area contributed by atoms with Crippen molar-refractivity contribution < 1.29 is 13.7 Å². The number of amides is 1. The summed E-state index contributed by atoms with van der Waals surface area (Å²) in [5.41, 5.74) is 0.285. The molecule has 0 bridgehead atoms. The van der Waals surface area contributed by atoms with Crippen molar-refractivity contribution in [2.45, 2.75) is 38.3 Å². The third-order valence-electron chi connectivity index (χ3n) is 1.97. The number of rotatable bonds is 1. The Morgan fingerprint density at radius 2 is 2.20 bits per heavy atom. The summed E-state index contributed by atoms with van der Waals surface area (Å²) in [6.45, 7) is 5.69. The lowest BCUT2D eigenvalue weighted by molar-refractivity contribution is -0.405. The largest absolute Gasteiger partial charge is 0.575 e. The van der Waals surface area contributed by atoms with Crippen LogP contribution in [0.25, 0.3) is 0 Å². The molecule has 0 aromatic heterocycles. The van der Waals surface area contributed by atoms with Gasteiger partial charge in [0.05, 0.1) is 0 Å². The number of thioether (sulfide) groups is 1. The predicted molar refractivity (Wildman–Crippen MR) is 63.9 cm³/mol. The van der Waals surface area contributed by atoms with Crippen molar-refractivity contribution in [3.05, 3.63) is 0 Å². The predicted octanol–water partition coefficient (Wildman–Crippen LogP) is 2.38. The maximum atomic E-state index is 11.7. The van der Waals surface area contributed by atoms with Gasteiger partial charge in [0.2, 0.25) is 0 Å². The van der Waals surface area contributed by atoms with E-state index in [0.717, 1.165) is 0 Å². The highest BCUT2D eigenvalue weighted by Crippen LogP contribution is 2.26. The van der Waals surface area contributed by atoms with Crippen LogP contribution in [0.4, 0.5) is 4.79 Å². The molecule has 1 atom stereocenters. The van der Waals surface area contributed by atoms with Gasteiger partial charge < -0.3 is 4.74 Å². The third-order valence-corrected chi connectivity index (χ3v) is 4.86. The summed E-state index contributed by atoms with van der Waals surface area (Å²) in [5.74, 6) is 2.42.